The van der Waals surface area contributed by atoms with Crippen LogP contribution in [0.2, 0.25) is 0 Å². The maximum Gasteiger partial charge on any atom is 0.175 e. The van der Waals surface area contributed by atoms with Gasteiger partial charge in [0.2, 0.25) is 0 Å². The van der Waals surface area contributed by atoms with E-state index in [1.807, 2.05) is 31.2 Å². The number of phenols is 2. The van der Waals surface area contributed by atoms with Crippen molar-refractivity contribution in [2.24, 2.45) is 0 Å². The lowest BCUT2D eigenvalue weighted by Crippen LogP contribution is -2.02. The molecule has 0 fully saturated rings. The zero-order valence-corrected chi connectivity index (χ0v) is 18.0. The molecule has 6 nitrogen and oxygen atoms in total. The summed E-state index contributed by atoms with van der Waals surface area (Å²) >= 11 is 0. The van der Waals surface area contributed by atoms with Gasteiger partial charge in [-0.25, -0.2) is 13.1 Å². The van der Waals surface area contributed by atoms with Gasteiger partial charge in [0.25, 0.3) is 0 Å². The normalized spacial score (nSPS) is 11.5. The summed E-state index contributed by atoms with van der Waals surface area (Å²) in [6.07, 6.45) is 1.88. The predicted molar refractivity (Wildman–Crippen MR) is 120 cm³/mol. The Balaban J connectivity index is 1.96. The Bertz CT molecular complexity index is 1320. The van der Waals surface area contributed by atoms with Crippen LogP contribution >= 0.6 is 0 Å². The van der Waals surface area contributed by atoms with Crippen molar-refractivity contribution in [2.75, 3.05) is 6.26 Å². The minimum Gasteiger partial charge on any atom is -0.508 e. The van der Waals surface area contributed by atoms with Crippen LogP contribution in [0.15, 0.2) is 77.7 Å². The largest absolute Gasteiger partial charge is 0.508 e. The third kappa shape index (κ3) is 4.04. The van der Waals surface area contributed by atoms with Crippen LogP contribution < -0.4 is 0 Å². The molecule has 7 heteroatoms. The van der Waals surface area contributed by atoms with E-state index in [0.29, 0.717) is 6.42 Å². The van der Waals surface area contributed by atoms with Crippen LogP contribution in [0.1, 0.15) is 12.5 Å². The summed E-state index contributed by atoms with van der Waals surface area (Å²) in [5.74, 6) is 0.348. The minimum absolute atomic E-state index is 0.170. The highest BCUT2D eigenvalue weighted by atomic mass is 32.2. The van der Waals surface area contributed by atoms with Gasteiger partial charge in [-0.3, -0.25) is 0 Å². The number of aromatic nitrogens is 2. The van der Waals surface area contributed by atoms with Crippen LogP contribution in [-0.2, 0) is 16.3 Å². The fourth-order valence-corrected chi connectivity index (χ4v) is 4.20. The topological polar surface area (TPSA) is 92.4 Å². The van der Waals surface area contributed by atoms with Crippen molar-refractivity contribution < 1.29 is 18.6 Å². The number of phenolic OH excluding ortho intramolecular Hbond substituents is 2. The van der Waals surface area contributed by atoms with E-state index in [1.165, 1.54) is 6.26 Å². The van der Waals surface area contributed by atoms with Gasteiger partial charge in [-0.05, 0) is 79.2 Å². The van der Waals surface area contributed by atoms with E-state index in [9.17, 15) is 18.6 Å². The van der Waals surface area contributed by atoms with Crippen LogP contribution in [0.4, 0.5) is 0 Å². The van der Waals surface area contributed by atoms with E-state index in [2.05, 4.69) is 0 Å². The number of aromatic hydroxyl groups is 2. The molecule has 0 saturated heterocycles. The molecule has 0 radical (unpaired) electrons. The summed E-state index contributed by atoms with van der Waals surface area (Å²) in [4.78, 5) is 0.240. The second-order valence-electron chi connectivity index (χ2n) is 7.30. The molecule has 0 atom stereocenters. The first-order chi connectivity index (χ1) is 14.8. The average molecular weight is 435 g/mol. The highest BCUT2D eigenvalue weighted by Gasteiger charge is 2.21. The molecule has 4 rings (SSSR count). The predicted octanol–water partition coefficient (Wildman–Crippen LogP) is 4.58. The van der Waals surface area contributed by atoms with Crippen LogP contribution in [0.25, 0.3) is 28.2 Å². The van der Waals surface area contributed by atoms with Gasteiger partial charge in [-0.2, -0.15) is 5.10 Å². The summed E-state index contributed by atoms with van der Waals surface area (Å²) < 4.78 is 25.5. The molecule has 0 spiro atoms. The van der Waals surface area contributed by atoms with Gasteiger partial charge in [0.05, 0.1) is 22.0 Å². The molecule has 0 saturated carbocycles. The molecule has 0 aliphatic carbocycles. The molecule has 0 bridgehead atoms. The SMILES string of the molecule is CCc1c(-c2ccc(O)cc2)nn(-c2ccc(S(C)(=O)=O)cc2)c1-c1ccc(O)cc1. The Morgan fingerprint density at radius 3 is 1.81 bits per heavy atom. The van der Waals surface area contributed by atoms with E-state index in [1.54, 1.807) is 53.2 Å². The molecule has 158 valence electrons. The maximum absolute atomic E-state index is 11.9. The van der Waals surface area contributed by atoms with E-state index >= 15 is 0 Å². The van der Waals surface area contributed by atoms with Crippen LogP contribution in [-0.4, -0.2) is 34.7 Å². The number of hydrogen-bond donors (Lipinski definition) is 2. The summed E-state index contributed by atoms with van der Waals surface area (Å²) in [7, 11) is -3.30. The average Bonchev–Trinajstić information content (AvgIpc) is 3.14. The second kappa shape index (κ2) is 7.92. The maximum atomic E-state index is 11.9. The summed E-state index contributed by atoms with van der Waals surface area (Å²) in [5.41, 5.74) is 5.09. The van der Waals surface area contributed by atoms with Crippen molar-refractivity contribution in [1.82, 2.24) is 9.78 Å². The Labute approximate surface area is 181 Å². The molecule has 31 heavy (non-hydrogen) atoms. The smallest absolute Gasteiger partial charge is 0.175 e. The van der Waals surface area contributed by atoms with E-state index in [4.69, 9.17) is 5.10 Å². The standard InChI is InChI=1S/C24H22N2O4S/c1-3-22-23(16-4-10-19(27)11-5-16)25-26(24(22)17-6-12-20(28)13-7-17)18-8-14-21(15-9-18)31(2,29)30/h4-15,27-28H,3H2,1-2H3. The molecular formula is C24H22N2O4S. The van der Waals surface area contributed by atoms with E-state index in [0.717, 1.165) is 33.8 Å². The van der Waals surface area contributed by atoms with Gasteiger partial charge in [-0.1, -0.05) is 6.92 Å². The lowest BCUT2D eigenvalue weighted by Gasteiger charge is -2.10. The lowest BCUT2D eigenvalue weighted by molar-refractivity contribution is 0.475. The first-order valence-electron chi connectivity index (χ1n) is 9.79. The number of nitrogens with zero attached hydrogens (tertiary/aromatic N) is 2. The van der Waals surface area contributed by atoms with Crippen LogP contribution in [0, 0.1) is 0 Å². The van der Waals surface area contributed by atoms with Crippen molar-refractivity contribution >= 4 is 9.84 Å². The first-order valence-corrected chi connectivity index (χ1v) is 11.7. The Kier molecular flexibility index (Phi) is 5.29. The Morgan fingerprint density at radius 2 is 1.32 bits per heavy atom. The molecule has 0 aliphatic heterocycles. The quantitative estimate of drug-likeness (QED) is 0.480. The van der Waals surface area contributed by atoms with Crippen LogP contribution in [0.5, 0.6) is 11.5 Å². The molecule has 1 heterocycles. The Morgan fingerprint density at radius 1 is 0.806 bits per heavy atom. The van der Waals surface area contributed by atoms with Gasteiger partial charge in [-0.15, -0.1) is 0 Å². The second-order valence-corrected chi connectivity index (χ2v) is 9.32. The fourth-order valence-electron chi connectivity index (χ4n) is 3.57. The van der Waals surface area contributed by atoms with E-state index < -0.39 is 9.84 Å². The summed E-state index contributed by atoms with van der Waals surface area (Å²) in [6.45, 7) is 2.04. The van der Waals surface area contributed by atoms with E-state index in [-0.39, 0.29) is 16.4 Å². The summed E-state index contributed by atoms with van der Waals surface area (Å²) in [5, 5.41) is 24.3. The van der Waals surface area contributed by atoms with Crippen LogP contribution in [0.3, 0.4) is 0 Å². The highest BCUT2D eigenvalue weighted by Crippen LogP contribution is 2.36. The highest BCUT2D eigenvalue weighted by molar-refractivity contribution is 7.90. The third-order valence-corrected chi connectivity index (χ3v) is 6.26. The zero-order valence-electron chi connectivity index (χ0n) is 17.1. The molecule has 0 aliphatic rings. The van der Waals surface area contributed by atoms with Crippen molar-refractivity contribution in [3.63, 3.8) is 0 Å². The van der Waals surface area contributed by atoms with Gasteiger partial charge >= 0.3 is 0 Å². The minimum atomic E-state index is -3.30. The number of hydrogen-bond acceptors (Lipinski definition) is 5. The zero-order chi connectivity index (χ0) is 22.2. The molecule has 0 amide bonds. The van der Waals surface area contributed by atoms with Crippen molar-refractivity contribution in [3.8, 4) is 39.7 Å². The van der Waals surface area contributed by atoms with Crippen molar-refractivity contribution in [1.29, 1.82) is 0 Å². The lowest BCUT2D eigenvalue weighted by atomic mass is 9.99. The van der Waals surface area contributed by atoms with Crippen molar-refractivity contribution in [3.05, 3.63) is 78.4 Å². The van der Waals surface area contributed by atoms with Gasteiger partial charge in [0.1, 0.15) is 11.5 Å². The molecular weight excluding hydrogens is 412 g/mol. The fraction of sp³-hybridized carbons (Fsp3) is 0.125. The molecule has 2 N–H and O–H groups in total. The molecule has 1 aromatic heterocycles. The van der Waals surface area contributed by atoms with Crippen molar-refractivity contribution in [2.45, 2.75) is 18.2 Å². The molecule has 4 aromatic rings. The van der Waals surface area contributed by atoms with Gasteiger partial charge < -0.3 is 10.2 Å². The Hall–Kier alpha value is -3.58. The number of sulfone groups is 1. The number of benzene rings is 3. The number of rotatable bonds is 5. The first kappa shape index (κ1) is 20.7. The molecule has 0 unspecified atom stereocenters. The monoisotopic (exact) mass is 434 g/mol. The third-order valence-electron chi connectivity index (χ3n) is 5.13. The summed E-state index contributed by atoms with van der Waals surface area (Å²) in [6, 6.07) is 20.4. The van der Waals surface area contributed by atoms with Gasteiger partial charge in [0.15, 0.2) is 9.84 Å². The van der Waals surface area contributed by atoms with Gasteiger partial charge in [0, 0.05) is 22.9 Å². The molecule has 3 aromatic carbocycles.